The summed E-state index contributed by atoms with van der Waals surface area (Å²) in [5.74, 6) is 0. The van der Waals surface area contributed by atoms with E-state index in [2.05, 4.69) is 15.2 Å². The highest BCUT2D eigenvalue weighted by molar-refractivity contribution is 5.45. The van der Waals surface area contributed by atoms with Gasteiger partial charge < -0.3 is 0 Å². The molecule has 0 saturated heterocycles. The van der Waals surface area contributed by atoms with Gasteiger partial charge in [-0.05, 0) is 12.8 Å². The zero-order valence-corrected chi connectivity index (χ0v) is 7.06. The first-order valence-corrected chi connectivity index (χ1v) is 3.97. The fourth-order valence-electron chi connectivity index (χ4n) is 1.38. The number of nitrogens with zero attached hydrogens (tertiary/aromatic N) is 3. The molecule has 0 unspecified atom stereocenters. The molecule has 72 valence electrons. The number of aliphatic imine (C=N–C) groups is 1. The summed E-state index contributed by atoms with van der Waals surface area (Å²) >= 11 is 0. The van der Waals surface area contributed by atoms with Crippen LogP contribution in [0.1, 0.15) is 18.5 Å². The summed E-state index contributed by atoms with van der Waals surface area (Å²) in [4.78, 5) is 23.7. The number of aromatic nitrogens is 2. The number of rotatable bonds is 3. The molecule has 14 heavy (non-hydrogen) atoms. The van der Waals surface area contributed by atoms with E-state index in [1.165, 1.54) is 6.08 Å². The molecule has 1 N–H and O–H groups in total. The lowest BCUT2D eigenvalue weighted by Crippen LogP contribution is -2.06. The van der Waals surface area contributed by atoms with Crippen LogP contribution < -0.4 is 0 Å². The van der Waals surface area contributed by atoms with Crippen LogP contribution in [0.5, 0.6) is 0 Å². The van der Waals surface area contributed by atoms with Crippen molar-refractivity contribution in [1.82, 2.24) is 10.2 Å². The van der Waals surface area contributed by atoms with Crippen molar-refractivity contribution in [1.29, 1.82) is 0 Å². The second-order valence-electron chi connectivity index (χ2n) is 3.12. The van der Waals surface area contributed by atoms with Crippen LogP contribution in [-0.4, -0.2) is 21.2 Å². The van der Waals surface area contributed by atoms with Crippen LogP contribution in [0.15, 0.2) is 11.2 Å². The Bertz CT molecular complexity index is 428. The van der Waals surface area contributed by atoms with Gasteiger partial charge in [-0.25, -0.2) is 4.79 Å². The first kappa shape index (κ1) is 8.58. The third-order valence-corrected chi connectivity index (χ3v) is 2.26. The molecule has 1 aromatic rings. The topological polar surface area (TPSA) is 101 Å². The van der Waals surface area contributed by atoms with Crippen LogP contribution in [0.4, 0.5) is 5.69 Å². The summed E-state index contributed by atoms with van der Waals surface area (Å²) in [6, 6.07) is 0. The zero-order valence-electron chi connectivity index (χ0n) is 7.06. The number of carbonyl (C=O) groups excluding carboxylic acids is 1. The van der Waals surface area contributed by atoms with Crippen LogP contribution in [0.3, 0.4) is 0 Å². The molecule has 0 atom stereocenters. The first-order valence-electron chi connectivity index (χ1n) is 3.97. The van der Waals surface area contributed by atoms with Gasteiger partial charge in [0.2, 0.25) is 6.08 Å². The van der Waals surface area contributed by atoms with Gasteiger partial charge in [0.15, 0.2) is 0 Å². The van der Waals surface area contributed by atoms with Gasteiger partial charge in [-0.1, -0.05) is 0 Å². The average molecular weight is 194 g/mol. The van der Waals surface area contributed by atoms with Gasteiger partial charge >= 0.3 is 5.69 Å². The normalized spacial score (nSPS) is 17.1. The quantitative estimate of drug-likeness (QED) is 0.330. The number of hydrogen-bond acceptors (Lipinski definition) is 5. The number of hydrogen-bond donors (Lipinski definition) is 1. The summed E-state index contributed by atoms with van der Waals surface area (Å²) in [7, 11) is 0. The molecule has 7 heteroatoms. The Morgan fingerprint density at radius 2 is 2.43 bits per heavy atom. The van der Waals surface area contributed by atoms with Crippen LogP contribution >= 0.6 is 0 Å². The smallest absolute Gasteiger partial charge is 0.273 e. The minimum absolute atomic E-state index is 0.124. The van der Waals surface area contributed by atoms with E-state index in [-0.39, 0.29) is 5.69 Å². The fraction of sp³-hybridized carbons (Fsp3) is 0.429. The van der Waals surface area contributed by atoms with Crippen LogP contribution in [0.25, 0.3) is 0 Å². The highest BCUT2D eigenvalue weighted by Crippen LogP contribution is 2.50. The summed E-state index contributed by atoms with van der Waals surface area (Å²) < 4.78 is 0. The molecule has 1 aliphatic carbocycles. The summed E-state index contributed by atoms with van der Waals surface area (Å²) in [6.45, 7) is 0. The molecule has 0 aromatic carbocycles. The van der Waals surface area contributed by atoms with E-state index in [4.69, 9.17) is 0 Å². The van der Waals surface area contributed by atoms with Crippen molar-refractivity contribution < 1.29 is 9.72 Å². The molecule has 2 rings (SSSR count). The van der Waals surface area contributed by atoms with Gasteiger partial charge in [0.1, 0.15) is 17.4 Å². The molecule has 1 saturated carbocycles. The van der Waals surface area contributed by atoms with Crippen molar-refractivity contribution in [2.45, 2.75) is 18.4 Å². The molecule has 1 heterocycles. The van der Waals surface area contributed by atoms with Gasteiger partial charge in [0, 0.05) is 0 Å². The molecular formula is C7H6N4O3. The first-order chi connectivity index (χ1) is 6.69. The minimum Gasteiger partial charge on any atom is -0.273 e. The zero-order chi connectivity index (χ0) is 10.2. The van der Waals surface area contributed by atoms with Gasteiger partial charge in [-0.2, -0.15) is 10.1 Å². The molecule has 0 radical (unpaired) electrons. The predicted molar refractivity (Wildman–Crippen MR) is 44.3 cm³/mol. The van der Waals surface area contributed by atoms with Crippen molar-refractivity contribution in [3.8, 4) is 0 Å². The maximum absolute atomic E-state index is 10.6. The molecule has 1 aliphatic rings. The number of nitrogens with one attached hydrogen (secondary N) is 1. The van der Waals surface area contributed by atoms with Crippen molar-refractivity contribution in [2.24, 2.45) is 4.99 Å². The fourth-order valence-corrected chi connectivity index (χ4v) is 1.38. The van der Waals surface area contributed by atoms with E-state index in [9.17, 15) is 14.9 Å². The van der Waals surface area contributed by atoms with Gasteiger partial charge in [0.05, 0.1) is 4.92 Å². The highest BCUT2D eigenvalue weighted by Gasteiger charge is 2.50. The van der Waals surface area contributed by atoms with Gasteiger partial charge in [0.25, 0.3) is 0 Å². The minimum atomic E-state index is -0.763. The number of aromatic amines is 1. The molecule has 0 amide bonds. The second kappa shape index (κ2) is 2.74. The molecule has 1 fully saturated rings. The Hall–Kier alpha value is -2.01. The Morgan fingerprint density at radius 3 is 2.93 bits per heavy atom. The van der Waals surface area contributed by atoms with Gasteiger partial charge in [-0.15, -0.1) is 0 Å². The van der Waals surface area contributed by atoms with E-state index in [0.29, 0.717) is 18.5 Å². The Morgan fingerprint density at radius 1 is 1.71 bits per heavy atom. The maximum atomic E-state index is 10.6. The molecule has 0 spiro atoms. The van der Waals surface area contributed by atoms with Crippen LogP contribution in [0.2, 0.25) is 0 Å². The predicted octanol–water partition coefficient (Wildman–Crippen LogP) is 0.643. The standard InChI is InChI=1S/C7H6N4O3/c12-4-8-7(1-2-7)6-5(11(13)14)3-9-10-6/h3H,1-2H2,(H,9,10). The van der Waals surface area contributed by atoms with Crippen LogP contribution in [-0.2, 0) is 10.3 Å². The number of nitro groups is 1. The second-order valence-corrected chi connectivity index (χ2v) is 3.12. The summed E-state index contributed by atoms with van der Waals surface area (Å²) in [5, 5.41) is 16.7. The number of isocyanates is 1. The Balaban J connectivity index is 2.46. The monoisotopic (exact) mass is 194 g/mol. The molecule has 7 nitrogen and oxygen atoms in total. The van der Waals surface area contributed by atoms with Crippen molar-refractivity contribution in [3.63, 3.8) is 0 Å². The largest absolute Gasteiger partial charge is 0.312 e. The van der Waals surface area contributed by atoms with E-state index in [1.807, 2.05) is 0 Å². The molecule has 1 aromatic heterocycles. The van der Waals surface area contributed by atoms with Gasteiger partial charge in [-0.3, -0.25) is 15.2 Å². The molecule has 0 bridgehead atoms. The lowest BCUT2D eigenvalue weighted by Gasteiger charge is -2.02. The Kier molecular flexibility index (Phi) is 1.68. The Labute approximate surface area is 78.0 Å². The molecule has 0 aliphatic heterocycles. The molecular weight excluding hydrogens is 188 g/mol. The summed E-state index contributed by atoms with van der Waals surface area (Å²) in [5.41, 5.74) is -0.590. The van der Waals surface area contributed by atoms with E-state index in [0.717, 1.165) is 6.20 Å². The van der Waals surface area contributed by atoms with Crippen molar-refractivity contribution >= 4 is 11.8 Å². The third-order valence-electron chi connectivity index (χ3n) is 2.26. The SMILES string of the molecule is O=C=NC1(c2[nH]ncc2[N+](=O)[O-])CC1. The average Bonchev–Trinajstić information content (AvgIpc) is 2.76. The van der Waals surface area contributed by atoms with Crippen molar-refractivity contribution in [3.05, 3.63) is 22.0 Å². The van der Waals surface area contributed by atoms with E-state index < -0.39 is 10.5 Å². The van der Waals surface area contributed by atoms with E-state index in [1.54, 1.807) is 0 Å². The van der Waals surface area contributed by atoms with Crippen LogP contribution in [0, 0.1) is 10.1 Å². The lowest BCUT2D eigenvalue weighted by molar-refractivity contribution is -0.385. The highest BCUT2D eigenvalue weighted by atomic mass is 16.6. The summed E-state index contributed by atoms with van der Waals surface area (Å²) in [6.07, 6.45) is 3.78. The lowest BCUT2D eigenvalue weighted by atomic mass is 10.2. The van der Waals surface area contributed by atoms with Crippen molar-refractivity contribution in [2.75, 3.05) is 0 Å². The third kappa shape index (κ3) is 1.11. The van der Waals surface area contributed by atoms with E-state index >= 15 is 0 Å². The number of H-pyrrole nitrogens is 1. The maximum Gasteiger partial charge on any atom is 0.312 e.